The van der Waals surface area contributed by atoms with Crippen molar-refractivity contribution in [3.05, 3.63) is 30.3 Å². The van der Waals surface area contributed by atoms with Crippen molar-refractivity contribution >= 4 is 39.8 Å². The van der Waals surface area contributed by atoms with Crippen LogP contribution in [-0.2, 0) is 4.79 Å². The molecular formula is C18H24N4OS2. The molecule has 134 valence electrons. The molecule has 3 rings (SSSR count). The minimum absolute atomic E-state index is 0.0868. The molecule has 5 nitrogen and oxygen atoms in total. The van der Waals surface area contributed by atoms with Crippen LogP contribution in [0.2, 0.25) is 0 Å². The van der Waals surface area contributed by atoms with Crippen LogP contribution in [-0.4, -0.2) is 27.9 Å². The molecule has 1 aliphatic rings. The molecule has 2 aromatic rings. The Bertz CT molecular complexity index is 691. The Morgan fingerprint density at radius 3 is 2.84 bits per heavy atom. The van der Waals surface area contributed by atoms with Gasteiger partial charge in [-0.15, -0.1) is 10.2 Å². The number of thioether (sulfide) groups is 1. The van der Waals surface area contributed by atoms with Crippen LogP contribution in [0.4, 0.5) is 10.8 Å². The minimum atomic E-state index is 0.0868. The van der Waals surface area contributed by atoms with Crippen molar-refractivity contribution in [1.82, 2.24) is 15.5 Å². The molecule has 0 unspecified atom stereocenters. The summed E-state index contributed by atoms with van der Waals surface area (Å²) in [6.07, 6.45) is 3.56. The van der Waals surface area contributed by atoms with Crippen molar-refractivity contribution < 1.29 is 4.79 Å². The molecule has 0 spiro atoms. The second-order valence-corrected chi connectivity index (χ2v) is 8.79. The normalized spacial score (nSPS) is 23.2. The first-order chi connectivity index (χ1) is 12.1. The molecule has 1 amide bonds. The molecule has 0 aliphatic heterocycles. The summed E-state index contributed by atoms with van der Waals surface area (Å²) >= 11 is 2.91. The van der Waals surface area contributed by atoms with E-state index in [4.69, 9.17) is 0 Å². The maximum Gasteiger partial charge on any atom is 0.230 e. The zero-order valence-corrected chi connectivity index (χ0v) is 16.2. The van der Waals surface area contributed by atoms with Gasteiger partial charge in [0.25, 0.3) is 0 Å². The number of para-hydroxylation sites is 1. The highest BCUT2D eigenvalue weighted by Crippen LogP contribution is 2.30. The van der Waals surface area contributed by atoms with Gasteiger partial charge in [-0.25, -0.2) is 0 Å². The van der Waals surface area contributed by atoms with Crippen molar-refractivity contribution in [1.29, 1.82) is 0 Å². The van der Waals surface area contributed by atoms with Crippen molar-refractivity contribution in [2.24, 2.45) is 11.8 Å². The molecule has 1 aromatic heterocycles. The lowest BCUT2D eigenvalue weighted by Crippen LogP contribution is -2.44. The van der Waals surface area contributed by atoms with Crippen molar-refractivity contribution in [2.75, 3.05) is 11.1 Å². The molecule has 0 saturated heterocycles. The summed E-state index contributed by atoms with van der Waals surface area (Å²) in [5, 5.41) is 15.4. The average Bonchev–Trinajstić information content (AvgIpc) is 3.05. The van der Waals surface area contributed by atoms with E-state index in [0.717, 1.165) is 21.6 Å². The smallest absolute Gasteiger partial charge is 0.230 e. The number of carbonyl (C=O) groups excluding carboxylic acids is 1. The molecule has 0 radical (unpaired) electrons. The Morgan fingerprint density at radius 1 is 1.24 bits per heavy atom. The number of benzene rings is 1. The van der Waals surface area contributed by atoms with E-state index in [-0.39, 0.29) is 5.91 Å². The summed E-state index contributed by atoms with van der Waals surface area (Å²) in [7, 11) is 0. The Hall–Kier alpha value is -1.60. The molecule has 2 N–H and O–H groups in total. The topological polar surface area (TPSA) is 66.9 Å². The van der Waals surface area contributed by atoms with Crippen molar-refractivity contribution in [3.63, 3.8) is 0 Å². The van der Waals surface area contributed by atoms with Crippen LogP contribution in [0.25, 0.3) is 0 Å². The average molecular weight is 377 g/mol. The van der Waals surface area contributed by atoms with Crippen molar-refractivity contribution in [2.45, 2.75) is 43.5 Å². The molecule has 1 heterocycles. The van der Waals surface area contributed by atoms with Gasteiger partial charge in [0, 0.05) is 11.7 Å². The van der Waals surface area contributed by atoms with E-state index in [2.05, 4.69) is 34.7 Å². The summed E-state index contributed by atoms with van der Waals surface area (Å²) in [6.45, 7) is 4.52. The summed E-state index contributed by atoms with van der Waals surface area (Å²) in [5.74, 6) is 1.70. The predicted molar refractivity (Wildman–Crippen MR) is 104 cm³/mol. The summed E-state index contributed by atoms with van der Waals surface area (Å²) in [5.41, 5.74) is 0.980. The highest BCUT2D eigenvalue weighted by molar-refractivity contribution is 8.01. The standard InChI is InChI=1S/C18H24N4OS2/c1-12-7-6-10-15(13(12)2)20-16(23)11-24-18-22-21-17(25-18)19-14-8-4-3-5-9-14/h3-5,8-9,12-13,15H,6-7,10-11H2,1-2H3,(H,19,21)(H,20,23)/t12-,13-,15-/m1/s1. The van der Waals surface area contributed by atoms with Crippen LogP contribution >= 0.6 is 23.1 Å². The molecule has 7 heteroatoms. The molecule has 0 bridgehead atoms. The molecule has 1 saturated carbocycles. The van der Waals surface area contributed by atoms with E-state index in [1.165, 1.54) is 35.9 Å². The van der Waals surface area contributed by atoms with E-state index in [1.807, 2.05) is 30.3 Å². The van der Waals surface area contributed by atoms with Crippen LogP contribution in [0.15, 0.2) is 34.7 Å². The zero-order chi connectivity index (χ0) is 17.6. The summed E-state index contributed by atoms with van der Waals surface area (Å²) < 4.78 is 0.804. The van der Waals surface area contributed by atoms with Crippen LogP contribution in [0.5, 0.6) is 0 Å². The van der Waals surface area contributed by atoms with Gasteiger partial charge in [-0.2, -0.15) is 0 Å². The molecular weight excluding hydrogens is 352 g/mol. The first-order valence-corrected chi connectivity index (χ1v) is 10.5. The third kappa shape index (κ3) is 5.19. The van der Waals surface area contributed by atoms with Gasteiger partial charge in [-0.3, -0.25) is 4.79 Å². The lowest BCUT2D eigenvalue weighted by atomic mass is 9.78. The van der Waals surface area contributed by atoms with Crippen LogP contribution in [0.1, 0.15) is 33.1 Å². The fourth-order valence-corrected chi connectivity index (χ4v) is 4.71. The second-order valence-electron chi connectivity index (χ2n) is 6.59. The van der Waals surface area contributed by atoms with E-state index in [9.17, 15) is 4.79 Å². The molecule has 1 fully saturated rings. The van der Waals surface area contributed by atoms with Gasteiger partial charge in [0.2, 0.25) is 11.0 Å². The summed E-state index contributed by atoms with van der Waals surface area (Å²) in [4.78, 5) is 12.2. The quantitative estimate of drug-likeness (QED) is 0.735. The number of hydrogen-bond donors (Lipinski definition) is 2. The van der Waals surface area contributed by atoms with Gasteiger partial charge >= 0.3 is 0 Å². The number of anilines is 2. The number of nitrogens with one attached hydrogen (secondary N) is 2. The molecule has 3 atom stereocenters. The predicted octanol–water partition coefficient (Wildman–Crippen LogP) is 4.31. The van der Waals surface area contributed by atoms with Crippen LogP contribution < -0.4 is 10.6 Å². The largest absolute Gasteiger partial charge is 0.352 e. The molecule has 25 heavy (non-hydrogen) atoms. The summed E-state index contributed by atoms with van der Waals surface area (Å²) in [6, 6.07) is 10.2. The first kappa shape index (κ1) is 18.2. The zero-order valence-electron chi connectivity index (χ0n) is 14.6. The van der Waals surface area contributed by atoms with E-state index >= 15 is 0 Å². The van der Waals surface area contributed by atoms with Gasteiger partial charge in [0.1, 0.15) is 0 Å². The Kier molecular flexibility index (Phi) is 6.31. The minimum Gasteiger partial charge on any atom is -0.352 e. The number of aromatic nitrogens is 2. The number of rotatable bonds is 6. The van der Waals surface area contributed by atoms with Crippen LogP contribution in [0, 0.1) is 11.8 Å². The SMILES string of the molecule is C[C@@H]1[C@H](C)CCC[C@H]1NC(=O)CSc1nnc(Nc2ccccc2)s1. The highest BCUT2D eigenvalue weighted by atomic mass is 32.2. The molecule has 1 aliphatic carbocycles. The van der Waals surface area contributed by atoms with Crippen LogP contribution in [0.3, 0.4) is 0 Å². The van der Waals surface area contributed by atoms with Crippen molar-refractivity contribution in [3.8, 4) is 0 Å². The van der Waals surface area contributed by atoms with E-state index in [1.54, 1.807) is 0 Å². The van der Waals surface area contributed by atoms with E-state index in [0.29, 0.717) is 23.6 Å². The van der Waals surface area contributed by atoms with Gasteiger partial charge in [0.15, 0.2) is 4.34 Å². The number of carbonyl (C=O) groups is 1. The fraction of sp³-hybridized carbons (Fsp3) is 0.500. The fourth-order valence-electron chi connectivity index (χ4n) is 3.13. The Labute approximate surface area is 157 Å². The van der Waals surface area contributed by atoms with E-state index < -0.39 is 0 Å². The Morgan fingerprint density at radius 2 is 2.04 bits per heavy atom. The lowest BCUT2D eigenvalue weighted by Gasteiger charge is -2.34. The monoisotopic (exact) mass is 376 g/mol. The maximum absolute atomic E-state index is 12.2. The molecule has 1 aromatic carbocycles. The second kappa shape index (κ2) is 8.67. The third-order valence-electron chi connectivity index (χ3n) is 4.81. The van der Waals surface area contributed by atoms with Gasteiger partial charge in [-0.05, 0) is 30.4 Å². The third-order valence-corrected chi connectivity index (χ3v) is 6.78. The first-order valence-electron chi connectivity index (χ1n) is 8.69. The lowest BCUT2D eigenvalue weighted by molar-refractivity contribution is -0.119. The number of amides is 1. The maximum atomic E-state index is 12.2. The highest BCUT2D eigenvalue weighted by Gasteiger charge is 2.28. The number of nitrogens with zero attached hydrogens (tertiary/aromatic N) is 2. The Balaban J connectivity index is 1.46. The van der Waals surface area contributed by atoms with Gasteiger partial charge in [-0.1, -0.05) is 68.0 Å². The van der Waals surface area contributed by atoms with Gasteiger partial charge in [0.05, 0.1) is 5.75 Å². The number of hydrogen-bond acceptors (Lipinski definition) is 6. The van der Waals surface area contributed by atoms with Gasteiger partial charge < -0.3 is 10.6 Å².